The number of H-pyrrole nitrogens is 1. The average molecular weight is 324 g/mol. The molecule has 0 spiro atoms. The summed E-state index contributed by atoms with van der Waals surface area (Å²) < 4.78 is 0. The Bertz CT molecular complexity index is 787. The molecule has 3 rings (SSSR count). The smallest absolute Gasteiger partial charge is 0.223 e. The topological polar surface area (TPSA) is 99.6 Å². The highest BCUT2D eigenvalue weighted by molar-refractivity contribution is 5.78. The monoisotopic (exact) mass is 324 g/mol. The zero-order valence-corrected chi connectivity index (χ0v) is 13.6. The van der Waals surface area contributed by atoms with Gasteiger partial charge in [-0.25, -0.2) is 9.97 Å². The molecule has 3 aromatic heterocycles. The first kappa shape index (κ1) is 16.1. The van der Waals surface area contributed by atoms with Crippen LogP contribution in [0.5, 0.6) is 0 Å². The number of hydrogen-bond donors (Lipinski definition) is 3. The molecular formula is C17H20N6O. The Morgan fingerprint density at radius 1 is 1.17 bits per heavy atom. The molecule has 3 aromatic rings. The second-order valence-corrected chi connectivity index (χ2v) is 5.84. The molecular weight excluding hydrogens is 304 g/mol. The Hall–Kier alpha value is -2.80. The van der Waals surface area contributed by atoms with Crippen LogP contribution in [0.4, 0.5) is 5.95 Å². The summed E-state index contributed by atoms with van der Waals surface area (Å²) in [6.07, 6.45) is 6.92. The summed E-state index contributed by atoms with van der Waals surface area (Å²) in [6, 6.07) is 5.57. The fraction of sp³-hybridized carbons (Fsp3) is 0.294. The Balaban J connectivity index is 1.92. The van der Waals surface area contributed by atoms with Crippen molar-refractivity contribution in [1.82, 2.24) is 25.1 Å². The number of nitrogens with one attached hydrogen (secondary N) is 2. The molecule has 0 aliphatic rings. The molecule has 7 heteroatoms. The Kier molecular flexibility index (Phi) is 4.81. The van der Waals surface area contributed by atoms with E-state index < -0.39 is 0 Å². The number of aliphatic hydroxyl groups is 1. The number of rotatable bonds is 6. The Labute approximate surface area is 140 Å². The zero-order chi connectivity index (χ0) is 16.9. The second-order valence-electron chi connectivity index (χ2n) is 5.84. The van der Waals surface area contributed by atoms with Crippen molar-refractivity contribution in [3.8, 4) is 22.5 Å². The lowest BCUT2D eigenvalue weighted by atomic mass is 10.1. The highest BCUT2D eigenvalue weighted by atomic mass is 16.3. The van der Waals surface area contributed by atoms with E-state index in [4.69, 9.17) is 0 Å². The number of aromatic amines is 1. The number of pyridine rings is 1. The fourth-order valence-electron chi connectivity index (χ4n) is 2.39. The van der Waals surface area contributed by atoms with Gasteiger partial charge in [0.2, 0.25) is 5.95 Å². The standard InChI is InChI=1S/C17H20N6O/c1-11(2)15(10-24)22-17-19-8-5-14(21-17)13-9-20-23-16(13)12-3-6-18-7-4-12/h3-9,11,15,24H,10H2,1-2H3,(H,20,23)(H,19,21,22)/t15-/m0/s1. The van der Waals surface area contributed by atoms with E-state index in [1.165, 1.54) is 0 Å². The predicted molar refractivity (Wildman–Crippen MR) is 92.2 cm³/mol. The summed E-state index contributed by atoms with van der Waals surface area (Å²) in [7, 11) is 0. The summed E-state index contributed by atoms with van der Waals surface area (Å²) in [4.78, 5) is 12.8. The van der Waals surface area contributed by atoms with Gasteiger partial charge in [0.1, 0.15) is 0 Å². The molecule has 0 saturated carbocycles. The maximum absolute atomic E-state index is 9.46. The summed E-state index contributed by atoms with van der Waals surface area (Å²) in [5, 5.41) is 19.8. The molecule has 0 aliphatic heterocycles. The van der Waals surface area contributed by atoms with Crippen molar-refractivity contribution in [2.75, 3.05) is 11.9 Å². The van der Waals surface area contributed by atoms with Crippen molar-refractivity contribution in [3.05, 3.63) is 43.0 Å². The van der Waals surface area contributed by atoms with Crippen LogP contribution in [0.15, 0.2) is 43.0 Å². The first-order chi connectivity index (χ1) is 11.7. The molecule has 0 unspecified atom stereocenters. The van der Waals surface area contributed by atoms with E-state index in [1.807, 2.05) is 32.0 Å². The van der Waals surface area contributed by atoms with Crippen LogP contribution >= 0.6 is 0 Å². The first-order valence-corrected chi connectivity index (χ1v) is 7.83. The van der Waals surface area contributed by atoms with Gasteiger partial charge in [-0.3, -0.25) is 10.1 Å². The van der Waals surface area contributed by atoms with Gasteiger partial charge in [-0.15, -0.1) is 0 Å². The predicted octanol–water partition coefficient (Wildman–Crippen LogP) is 2.36. The molecule has 24 heavy (non-hydrogen) atoms. The zero-order valence-electron chi connectivity index (χ0n) is 13.6. The number of nitrogens with zero attached hydrogens (tertiary/aromatic N) is 4. The highest BCUT2D eigenvalue weighted by Crippen LogP contribution is 2.28. The van der Waals surface area contributed by atoms with Gasteiger partial charge in [-0.2, -0.15) is 5.10 Å². The molecule has 0 bridgehead atoms. The summed E-state index contributed by atoms with van der Waals surface area (Å²) in [6.45, 7) is 4.10. The van der Waals surface area contributed by atoms with E-state index in [-0.39, 0.29) is 18.6 Å². The molecule has 0 saturated heterocycles. The summed E-state index contributed by atoms with van der Waals surface area (Å²) >= 11 is 0. The molecule has 0 aromatic carbocycles. The van der Waals surface area contributed by atoms with Crippen molar-refractivity contribution >= 4 is 5.95 Å². The normalized spacial score (nSPS) is 12.3. The van der Waals surface area contributed by atoms with Crippen LogP contribution in [0, 0.1) is 5.92 Å². The van der Waals surface area contributed by atoms with Crippen molar-refractivity contribution in [2.45, 2.75) is 19.9 Å². The maximum atomic E-state index is 9.46. The van der Waals surface area contributed by atoms with Crippen molar-refractivity contribution in [1.29, 1.82) is 0 Å². The van der Waals surface area contributed by atoms with Crippen molar-refractivity contribution < 1.29 is 5.11 Å². The molecule has 7 nitrogen and oxygen atoms in total. The highest BCUT2D eigenvalue weighted by Gasteiger charge is 2.15. The molecule has 0 amide bonds. The molecule has 1 atom stereocenters. The van der Waals surface area contributed by atoms with Gasteiger partial charge in [0.25, 0.3) is 0 Å². The molecule has 0 aliphatic carbocycles. The minimum atomic E-state index is -0.0933. The number of aromatic nitrogens is 5. The summed E-state index contributed by atoms with van der Waals surface area (Å²) in [5.41, 5.74) is 3.51. The van der Waals surface area contributed by atoms with Crippen LogP contribution in [0.1, 0.15) is 13.8 Å². The summed E-state index contributed by atoms with van der Waals surface area (Å²) in [5.74, 6) is 0.755. The molecule has 3 N–H and O–H groups in total. The average Bonchev–Trinajstić information content (AvgIpc) is 3.10. The van der Waals surface area contributed by atoms with E-state index >= 15 is 0 Å². The van der Waals surface area contributed by atoms with Crippen LogP contribution in [0.2, 0.25) is 0 Å². The van der Waals surface area contributed by atoms with Crippen molar-refractivity contribution in [2.24, 2.45) is 5.92 Å². The minimum Gasteiger partial charge on any atom is -0.394 e. The molecule has 3 heterocycles. The Morgan fingerprint density at radius 3 is 2.67 bits per heavy atom. The van der Waals surface area contributed by atoms with Crippen LogP contribution in [0.3, 0.4) is 0 Å². The van der Waals surface area contributed by atoms with E-state index in [9.17, 15) is 5.11 Å². The van der Waals surface area contributed by atoms with Crippen LogP contribution in [-0.4, -0.2) is 42.9 Å². The SMILES string of the molecule is CC(C)[C@H](CO)Nc1nccc(-c2cn[nH]c2-c2ccncc2)n1. The van der Waals surface area contributed by atoms with Crippen LogP contribution in [0.25, 0.3) is 22.5 Å². The van der Waals surface area contributed by atoms with Crippen LogP contribution in [-0.2, 0) is 0 Å². The lowest BCUT2D eigenvalue weighted by Gasteiger charge is -2.19. The molecule has 124 valence electrons. The van der Waals surface area contributed by atoms with Gasteiger partial charge >= 0.3 is 0 Å². The Morgan fingerprint density at radius 2 is 1.96 bits per heavy atom. The van der Waals surface area contributed by atoms with E-state index in [2.05, 4.69) is 30.5 Å². The van der Waals surface area contributed by atoms with Gasteiger partial charge in [-0.05, 0) is 24.1 Å². The van der Waals surface area contributed by atoms with Gasteiger partial charge in [0.15, 0.2) is 0 Å². The third-order valence-electron chi connectivity index (χ3n) is 3.86. The van der Waals surface area contributed by atoms with Crippen molar-refractivity contribution in [3.63, 3.8) is 0 Å². The van der Waals surface area contributed by atoms with Gasteiger partial charge in [0, 0.05) is 29.7 Å². The lowest BCUT2D eigenvalue weighted by molar-refractivity contribution is 0.248. The van der Waals surface area contributed by atoms with Gasteiger partial charge in [0.05, 0.1) is 30.2 Å². The van der Waals surface area contributed by atoms with Gasteiger partial charge < -0.3 is 10.4 Å². The largest absolute Gasteiger partial charge is 0.394 e. The number of aliphatic hydroxyl groups excluding tert-OH is 1. The van der Waals surface area contributed by atoms with E-state index in [0.717, 1.165) is 22.5 Å². The van der Waals surface area contributed by atoms with Crippen LogP contribution < -0.4 is 5.32 Å². The number of hydrogen-bond acceptors (Lipinski definition) is 6. The third-order valence-corrected chi connectivity index (χ3v) is 3.86. The quantitative estimate of drug-likeness (QED) is 0.643. The maximum Gasteiger partial charge on any atom is 0.223 e. The third kappa shape index (κ3) is 3.41. The first-order valence-electron chi connectivity index (χ1n) is 7.83. The molecule has 0 fully saturated rings. The van der Waals surface area contributed by atoms with E-state index in [1.54, 1.807) is 24.8 Å². The minimum absolute atomic E-state index is 0.0270. The second kappa shape index (κ2) is 7.18. The fourth-order valence-corrected chi connectivity index (χ4v) is 2.39. The van der Waals surface area contributed by atoms with E-state index in [0.29, 0.717) is 5.95 Å². The molecule has 0 radical (unpaired) electrons. The van der Waals surface area contributed by atoms with Gasteiger partial charge in [-0.1, -0.05) is 13.8 Å². The number of anilines is 1. The lowest BCUT2D eigenvalue weighted by Crippen LogP contribution is -2.30.